The predicted octanol–water partition coefficient (Wildman–Crippen LogP) is 3.13. The van der Waals surface area contributed by atoms with Gasteiger partial charge in [-0.1, -0.05) is 12.2 Å². The highest BCUT2D eigenvalue weighted by Crippen LogP contribution is 2.16. The monoisotopic (exact) mass is 249 g/mol. The van der Waals surface area contributed by atoms with Crippen LogP contribution in [0.1, 0.15) is 5.56 Å². The zero-order valence-corrected chi connectivity index (χ0v) is 9.84. The van der Waals surface area contributed by atoms with Gasteiger partial charge in [0.2, 0.25) is 0 Å². The highest BCUT2D eigenvalue weighted by atomic mass is 32.2. The largest absolute Gasteiger partial charge is 0.269 e. The molecule has 0 spiro atoms. The molecule has 1 aromatic carbocycles. The number of nitro groups is 1. The molecule has 88 valence electrons. The number of hydrogen-bond acceptors (Lipinski definition) is 5. The molecular formula is C11H11N3O2S. The number of nitro benzene ring substituents is 1. The number of rotatable bonds is 3. The number of non-ortho nitro benzene ring substituents is 1. The summed E-state index contributed by atoms with van der Waals surface area (Å²) in [5.74, 6) is 1.68. The third-order valence-corrected chi connectivity index (χ3v) is 3.16. The quantitative estimate of drug-likeness (QED) is 0.610. The molecule has 0 radical (unpaired) electrons. The molecule has 1 atom stereocenters. The zero-order chi connectivity index (χ0) is 12.1. The summed E-state index contributed by atoms with van der Waals surface area (Å²) >= 11 is 1.74. The number of benzene rings is 1. The molecule has 2 rings (SSSR count). The van der Waals surface area contributed by atoms with E-state index in [0.29, 0.717) is 0 Å². The third kappa shape index (κ3) is 3.39. The fourth-order valence-electron chi connectivity index (χ4n) is 1.41. The summed E-state index contributed by atoms with van der Waals surface area (Å²) in [6.07, 6.45) is 3.89. The highest BCUT2D eigenvalue weighted by Gasteiger charge is 2.07. The van der Waals surface area contributed by atoms with Crippen LogP contribution in [0, 0.1) is 10.1 Å². The molecule has 0 N–H and O–H groups in total. The van der Waals surface area contributed by atoms with Gasteiger partial charge in [-0.05, 0) is 17.7 Å². The fourth-order valence-corrected chi connectivity index (χ4v) is 2.08. The average molecular weight is 249 g/mol. The number of azo groups is 1. The van der Waals surface area contributed by atoms with E-state index in [4.69, 9.17) is 0 Å². The van der Waals surface area contributed by atoms with E-state index in [1.807, 2.05) is 12.2 Å². The minimum absolute atomic E-state index is 0.107. The molecule has 0 aliphatic carbocycles. The number of hydrogen-bond donors (Lipinski definition) is 0. The Bertz CT molecular complexity index is 456. The molecule has 0 saturated heterocycles. The van der Waals surface area contributed by atoms with Gasteiger partial charge in [-0.15, -0.1) is 11.8 Å². The van der Waals surface area contributed by atoms with E-state index >= 15 is 0 Å². The van der Waals surface area contributed by atoms with Crippen molar-refractivity contribution in [2.75, 3.05) is 11.6 Å². The van der Waals surface area contributed by atoms with E-state index in [0.717, 1.165) is 17.2 Å². The van der Waals surface area contributed by atoms with Gasteiger partial charge in [0.25, 0.3) is 5.69 Å². The molecule has 0 amide bonds. The van der Waals surface area contributed by atoms with Crippen molar-refractivity contribution >= 4 is 23.5 Å². The van der Waals surface area contributed by atoms with E-state index in [9.17, 15) is 10.1 Å². The van der Waals surface area contributed by atoms with Gasteiger partial charge >= 0.3 is 0 Å². The second-order valence-corrected chi connectivity index (χ2v) is 4.53. The Morgan fingerprint density at radius 3 is 2.76 bits per heavy atom. The van der Waals surface area contributed by atoms with E-state index in [1.54, 1.807) is 23.9 Å². The van der Waals surface area contributed by atoms with E-state index < -0.39 is 4.92 Å². The Morgan fingerprint density at radius 1 is 1.41 bits per heavy atom. The molecule has 1 unspecified atom stereocenters. The summed E-state index contributed by atoms with van der Waals surface area (Å²) in [4.78, 5) is 10.1. The molecular weight excluding hydrogens is 238 g/mol. The zero-order valence-electron chi connectivity index (χ0n) is 9.02. The Morgan fingerprint density at radius 2 is 2.18 bits per heavy atom. The summed E-state index contributed by atoms with van der Waals surface area (Å²) in [6.45, 7) is 0. The van der Waals surface area contributed by atoms with E-state index in [1.165, 1.54) is 12.1 Å². The summed E-state index contributed by atoms with van der Waals surface area (Å²) in [7, 11) is 0. The van der Waals surface area contributed by atoms with Crippen molar-refractivity contribution in [1.82, 2.24) is 0 Å². The van der Waals surface area contributed by atoms with Crippen molar-refractivity contribution < 1.29 is 4.92 Å². The second-order valence-electron chi connectivity index (χ2n) is 3.53. The van der Waals surface area contributed by atoms with Gasteiger partial charge in [-0.3, -0.25) is 10.1 Å². The Labute approximate surface area is 103 Å². The lowest BCUT2D eigenvalue weighted by molar-refractivity contribution is -0.384. The molecule has 0 aromatic heterocycles. The van der Waals surface area contributed by atoms with Crippen LogP contribution in [0.5, 0.6) is 0 Å². The summed E-state index contributed by atoms with van der Waals surface area (Å²) in [6, 6.07) is 6.56. The minimum Gasteiger partial charge on any atom is -0.258 e. The van der Waals surface area contributed by atoms with Crippen LogP contribution in [-0.4, -0.2) is 22.6 Å². The van der Waals surface area contributed by atoms with Crippen LogP contribution in [0.3, 0.4) is 0 Å². The van der Waals surface area contributed by atoms with Crippen molar-refractivity contribution in [2.24, 2.45) is 10.2 Å². The average Bonchev–Trinajstić information content (AvgIpc) is 2.38. The first-order valence-electron chi connectivity index (χ1n) is 5.13. The van der Waals surface area contributed by atoms with Crippen LogP contribution in [0.4, 0.5) is 5.69 Å². The van der Waals surface area contributed by atoms with Crippen molar-refractivity contribution in [3.8, 4) is 0 Å². The first-order chi connectivity index (χ1) is 8.25. The molecule has 1 aromatic rings. The van der Waals surface area contributed by atoms with Crippen LogP contribution in [0.15, 0.2) is 40.6 Å². The number of nitrogens with zero attached hydrogens (tertiary/aromatic N) is 3. The Hall–Kier alpha value is -1.69. The van der Waals surface area contributed by atoms with Crippen molar-refractivity contribution in [3.63, 3.8) is 0 Å². The molecule has 17 heavy (non-hydrogen) atoms. The van der Waals surface area contributed by atoms with Gasteiger partial charge < -0.3 is 0 Å². The van der Waals surface area contributed by atoms with Gasteiger partial charge in [-0.25, -0.2) is 0 Å². The maximum atomic E-state index is 10.5. The first kappa shape index (κ1) is 11.8. The maximum Gasteiger partial charge on any atom is 0.269 e. The van der Waals surface area contributed by atoms with Gasteiger partial charge in [0, 0.05) is 17.9 Å². The second kappa shape index (κ2) is 5.58. The lowest BCUT2D eigenvalue weighted by atomic mass is 10.1. The maximum absolute atomic E-state index is 10.5. The standard InChI is InChI=1S/C11H11N3O2S/c15-14(16)11-5-2-9(3-6-11)1-4-10-7-17-8-12-13-10/h1-6,10H,7-8H2. The van der Waals surface area contributed by atoms with Crippen LogP contribution >= 0.6 is 11.8 Å². The van der Waals surface area contributed by atoms with Crippen molar-refractivity contribution in [1.29, 1.82) is 0 Å². The normalized spacial score (nSPS) is 19.6. The summed E-state index contributed by atoms with van der Waals surface area (Å²) in [5, 5.41) is 18.5. The lowest BCUT2D eigenvalue weighted by Crippen LogP contribution is -2.07. The van der Waals surface area contributed by atoms with Crippen molar-refractivity contribution in [2.45, 2.75) is 6.04 Å². The lowest BCUT2D eigenvalue weighted by Gasteiger charge is -2.09. The van der Waals surface area contributed by atoms with Gasteiger partial charge in [0.15, 0.2) is 0 Å². The minimum atomic E-state index is -0.403. The highest BCUT2D eigenvalue weighted by molar-refractivity contribution is 7.99. The molecule has 0 fully saturated rings. The predicted molar refractivity (Wildman–Crippen MR) is 68.1 cm³/mol. The van der Waals surface area contributed by atoms with E-state index in [2.05, 4.69) is 10.2 Å². The van der Waals surface area contributed by atoms with E-state index in [-0.39, 0.29) is 11.7 Å². The fraction of sp³-hybridized carbons (Fsp3) is 0.273. The molecule has 1 aliphatic rings. The number of thioether (sulfide) groups is 1. The van der Waals surface area contributed by atoms with Crippen LogP contribution in [0.25, 0.3) is 6.08 Å². The Kier molecular flexibility index (Phi) is 3.87. The Balaban J connectivity index is 2.03. The van der Waals surface area contributed by atoms with Crippen LogP contribution in [-0.2, 0) is 0 Å². The molecule has 6 heteroatoms. The molecule has 1 aliphatic heterocycles. The topological polar surface area (TPSA) is 67.9 Å². The molecule has 0 saturated carbocycles. The SMILES string of the molecule is O=[N+]([O-])c1ccc(C=CC2CSCN=N2)cc1. The van der Waals surface area contributed by atoms with Gasteiger partial charge in [0.1, 0.15) is 5.88 Å². The smallest absolute Gasteiger partial charge is 0.258 e. The molecule has 5 nitrogen and oxygen atoms in total. The van der Waals surface area contributed by atoms with Crippen LogP contribution < -0.4 is 0 Å². The summed E-state index contributed by atoms with van der Waals surface area (Å²) < 4.78 is 0. The molecule has 0 bridgehead atoms. The van der Waals surface area contributed by atoms with Crippen LogP contribution in [0.2, 0.25) is 0 Å². The first-order valence-corrected chi connectivity index (χ1v) is 6.28. The summed E-state index contributed by atoms with van der Waals surface area (Å²) in [5.41, 5.74) is 1.04. The molecule has 1 heterocycles. The van der Waals surface area contributed by atoms with Gasteiger partial charge in [-0.2, -0.15) is 10.2 Å². The van der Waals surface area contributed by atoms with Gasteiger partial charge in [0.05, 0.1) is 11.0 Å². The third-order valence-electron chi connectivity index (χ3n) is 2.28. The van der Waals surface area contributed by atoms with Crippen molar-refractivity contribution in [3.05, 3.63) is 46.0 Å².